The van der Waals surface area contributed by atoms with Crippen LogP contribution in [0, 0.1) is 23.1 Å². The highest BCUT2D eigenvalue weighted by molar-refractivity contribution is 5.67. The van der Waals surface area contributed by atoms with Gasteiger partial charge in [-0.2, -0.15) is 5.26 Å². The summed E-state index contributed by atoms with van der Waals surface area (Å²) in [5.41, 5.74) is 7.69. The van der Waals surface area contributed by atoms with Crippen molar-refractivity contribution in [3.05, 3.63) is 59.9 Å². The standard InChI is InChI=1S/C18H15FN4O.C7H15N/c1-21-18-10-17(12-3-4-13(11-20)16(19)9-12)23(22-18)14-5-7-15(24-2)8-6-14;8-6-7-4-2-1-3-5-7/h3-10H,1-2H3,(H,21,22);7H,1-6,8H2. The van der Waals surface area contributed by atoms with E-state index in [-0.39, 0.29) is 5.56 Å². The Hall–Kier alpha value is -3.37. The molecule has 0 radical (unpaired) electrons. The van der Waals surface area contributed by atoms with Crippen LogP contribution in [0.3, 0.4) is 0 Å². The maximum atomic E-state index is 14.0. The number of nitrogens with one attached hydrogen (secondary N) is 1. The van der Waals surface area contributed by atoms with Gasteiger partial charge in [-0.1, -0.05) is 25.3 Å². The zero-order valence-electron chi connectivity index (χ0n) is 18.6. The Balaban J connectivity index is 0.000000305. The van der Waals surface area contributed by atoms with Crippen LogP contribution in [0.4, 0.5) is 10.2 Å². The smallest absolute Gasteiger partial charge is 0.148 e. The van der Waals surface area contributed by atoms with Gasteiger partial charge in [-0.15, -0.1) is 5.10 Å². The largest absolute Gasteiger partial charge is 0.497 e. The highest BCUT2D eigenvalue weighted by atomic mass is 19.1. The Labute approximate surface area is 188 Å². The van der Waals surface area contributed by atoms with E-state index in [1.807, 2.05) is 36.4 Å². The molecule has 0 saturated heterocycles. The van der Waals surface area contributed by atoms with E-state index in [9.17, 15) is 4.39 Å². The normalized spacial score (nSPS) is 13.6. The first-order valence-corrected chi connectivity index (χ1v) is 10.9. The lowest BCUT2D eigenvalue weighted by Gasteiger charge is -2.18. The minimum atomic E-state index is -0.552. The molecule has 6 nitrogen and oxygen atoms in total. The second-order valence-electron chi connectivity index (χ2n) is 7.82. The van der Waals surface area contributed by atoms with E-state index in [4.69, 9.17) is 15.7 Å². The van der Waals surface area contributed by atoms with E-state index in [0.717, 1.165) is 23.9 Å². The predicted octanol–water partition coefficient (Wildman–Crippen LogP) is 5.13. The molecule has 1 aliphatic rings. The van der Waals surface area contributed by atoms with E-state index in [2.05, 4.69) is 10.4 Å². The van der Waals surface area contributed by atoms with Gasteiger partial charge in [-0.25, -0.2) is 9.07 Å². The van der Waals surface area contributed by atoms with Gasteiger partial charge >= 0.3 is 0 Å². The number of rotatable bonds is 5. The Bertz CT molecular complexity index is 1050. The van der Waals surface area contributed by atoms with Crippen molar-refractivity contribution >= 4 is 5.82 Å². The van der Waals surface area contributed by atoms with Crippen LogP contribution in [0.15, 0.2) is 48.5 Å². The molecular formula is C25H30FN5O. The molecule has 0 aliphatic heterocycles. The molecule has 0 amide bonds. The van der Waals surface area contributed by atoms with Crippen molar-refractivity contribution < 1.29 is 9.13 Å². The Morgan fingerprint density at radius 1 is 1.16 bits per heavy atom. The molecule has 0 spiro atoms. The van der Waals surface area contributed by atoms with Crippen molar-refractivity contribution in [1.29, 1.82) is 5.26 Å². The fraction of sp³-hybridized carbons (Fsp3) is 0.360. The van der Waals surface area contributed by atoms with Gasteiger partial charge in [0, 0.05) is 18.7 Å². The SMILES string of the molecule is CNc1cc(-c2ccc(C#N)c(F)c2)n(-c2ccc(OC)cc2)n1.NCC1CCCCC1. The van der Waals surface area contributed by atoms with Crippen molar-refractivity contribution in [3.63, 3.8) is 0 Å². The average molecular weight is 436 g/mol. The van der Waals surface area contributed by atoms with Crippen LogP contribution in [0.25, 0.3) is 16.9 Å². The lowest BCUT2D eigenvalue weighted by Crippen LogP contribution is -2.16. The molecule has 0 unspecified atom stereocenters. The average Bonchev–Trinajstić information content (AvgIpc) is 3.29. The van der Waals surface area contributed by atoms with Gasteiger partial charge in [-0.05, 0) is 61.7 Å². The first kappa shape index (κ1) is 23.3. The van der Waals surface area contributed by atoms with E-state index in [1.54, 1.807) is 24.9 Å². The predicted molar refractivity (Wildman–Crippen MR) is 125 cm³/mol. The Morgan fingerprint density at radius 2 is 1.88 bits per heavy atom. The van der Waals surface area contributed by atoms with E-state index >= 15 is 0 Å². The van der Waals surface area contributed by atoms with Crippen molar-refractivity contribution in [2.75, 3.05) is 26.0 Å². The van der Waals surface area contributed by atoms with Crippen LogP contribution in [0.1, 0.15) is 37.7 Å². The number of nitriles is 1. The molecular weight excluding hydrogens is 405 g/mol. The summed E-state index contributed by atoms with van der Waals surface area (Å²) >= 11 is 0. The lowest BCUT2D eigenvalue weighted by atomic mass is 9.90. The number of benzene rings is 2. The summed E-state index contributed by atoms with van der Waals surface area (Å²) in [6.45, 7) is 0.917. The van der Waals surface area contributed by atoms with Gasteiger partial charge in [0.1, 0.15) is 23.5 Å². The van der Waals surface area contributed by atoms with Gasteiger partial charge < -0.3 is 15.8 Å². The number of aromatic nitrogens is 2. The Morgan fingerprint density at radius 3 is 2.41 bits per heavy atom. The first-order valence-electron chi connectivity index (χ1n) is 10.9. The molecule has 3 aromatic rings. The van der Waals surface area contributed by atoms with Crippen molar-refractivity contribution in [3.8, 4) is 28.8 Å². The molecule has 168 valence electrons. The van der Waals surface area contributed by atoms with Gasteiger partial charge in [0.15, 0.2) is 0 Å². The fourth-order valence-electron chi connectivity index (χ4n) is 3.82. The molecule has 4 rings (SSSR count). The lowest BCUT2D eigenvalue weighted by molar-refractivity contribution is 0.366. The number of hydrogen-bond acceptors (Lipinski definition) is 5. The monoisotopic (exact) mass is 435 g/mol. The molecule has 1 aliphatic carbocycles. The van der Waals surface area contributed by atoms with Gasteiger partial charge in [0.25, 0.3) is 0 Å². The highest BCUT2D eigenvalue weighted by Gasteiger charge is 2.13. The van der Waals surface area contributed by atoms with E-state index in [1.165, 1.54) is 44.2 Å². The summed E-state index contributed by atoms with van der Waals surface area (Å²) in [5.74, 6) is 1.71. The number of ether oxygens (including phenoxy) is 1. The van der Waals surface area contributed by atoms with Crippen LogP contribution >= 0.6 is 0 Å². The molecule has 1 heterocycles. The van der Waals surface area contributed by atoms with Gasteiger partial charge in [0.2, 0.25) is 0 Å². The summed E-state index contributed by atoms with van der Waals surface area (Å²) in [4.78, 5) is 0. The third-order valence-corrected chi connectivity index (χ3v) is 5.73. The zero-order valence-corrected chi connectivity index (χ0v) is 18.6. The van der Waals surface area contributed by atoms with Crippen LogP contribution in [-0.2, 0) is 0 Å². The number of halogens is 1. The highest BCUT2D eigenvalue weighted by Crippen LogP contribution is 2.28. The maximum Gasteiger partial charge on any atom is 0.148 e. The molecule has 0 atom stereocenters. The molecule has 1 saturated carbocycles. The third-order valence-electron chi connectivity index (χ3n) is 5.73. The summed E-state index contributed by atoms with van der Waals surface area (Å²) < 4.78 is 20.9. The van der Waals surface area contributed by atoms with Crippen molar-refractivity contribution in [1.82, 2.24) is 9.78 Å². The summed E-state index contributed by atoms with van der Waals surface area (Å²) in [5, 5.41) is 16.3. The number of nitrogens with two attached hydrogens (primary N) is 1. The summed E-state index contributed by atoms with van der Waals surface area (Å²) in [6.07, 6.45) is 7.05. The van der Waals surface area contributed by atoms with Crippen LogP contribution in [0.2, 0.25) is 0 Å². The van der Waals surface area contributed by atoms with Crippen LogP contribution in [-0.4, -0.2) is 30.5 Å². The quantitative estimate of drug-likeness (QED) is 0.580. The molecule has 0 bridgehead atoms. The minimum Gasteiger partial charge on any atom is -0.497 e. The molecule has 2 aromatic carbocycles. The molecule has 1 aromatic heterocycles. The minimum absolute atomic E-state index is 0.0168. The van der Waals surface area contributed by atoms with E-state index in [0.29, 0.717) is 17.1 Å². The zero-order chi connectivity index (χ0) is 22.9. The van der Waals surface area contributed by atoms with Crippen LogP contribution in [0.5, 0.6) is 5.75 Å². The third kappa shape index (κ3) is 5.65. The maximum absolute atomic E-state index is 14.0. The fourth-order valence-corrected chi connectivity index (χ4v) is 3.82. The summed E-state index contributed by atoms with van der Waals surface area (Å²) in [6, 6.07) is 15.6. The molecule has 7 heteroatoms. The van der Waals surface area contributed by atoms with Crippen molar-refractivity contribution in [2.24, 2.45) is 11.7 Å². The number of nitrogens with zero attached hydrogens (tertiary/aromatic N) is 3. The molecule has 3 N–H and O–H groups in total. The molecule has 1 fully saturated rings. The van der Waals surface area contributed by atoms with Crippen LogP contribution < -0.4 is 15.8 Å². The second-order valence-corrected chi connectivity index (χ2v) is 7.82. The Kier molecular flexibility index (Phi) is 8.23. The summed E-state index contributed by atoms with van der Waals surface area (Å²) in [7, 11) is 3.37. The molecule has 32 heavy (non-hydrogen) atoms. The second kappa shape index (κ2) is 11.3. The number of methoxy groups -OCH3 is 1. The number of anilines is 1. The van der Waals surface area contributed by atoms with Gasteiger partial charge in [0.05, 0.1) is 24.1 Å². The first-order chi connectivity index (χ1) is 15.6. The van der Waals surface area contributed by atoms with Gasteiger partial charge in [-0.3, -0.25) is 0 Å². The van der Waals surface area contributed by atoms with E-state index < -0.39 is 5.82 Å². The van der Waals surface area contributed by atoms with Crippen molar-refractivity contribution in [2.45, 2.75) is 32.1 Å². The topological polar surface area (TPSA) is 88.9 Å². The number of hydrogen-bond donors (Lipinski definition) is 2.